The van der Waals surface area contributed by atoms with Crippen molar-refractivity contribution in [3.05, 3.63) is 59.4 Å². The van der Waals surface area contributed by atoms with Crippen LogP contribution in [0.2, 0.25) is 0 Å². The monoisotopic (exact) mass is 472 g/mol. The van der Waals surface area contributed by atoms with Gasteiger partial charge in [0, 0.05) is 0 Å². The molecule has 0 N–H and O–H groups in total. The van der Waals surface area contributed by atoms with Crippen molar-refractivity contribution in [2.75, 3.05) is 14.1 Å². The molecule has 0 fully saturated rings. The van der Waals surface area contributed by atoms with Crippen LogP contribution in [0.3, 0.4) is 0 Å². The SMILES string of the molecule is CN(C)[Si-]1(F)(c2c(F)c(F)nc(F)c2F)N(C(C)(C)C)C(c2ccccc2)=[N+]1C(C)(C)C. The number of hydrogen-bond donors (Lipinski definition) is 0. The summed E-state index contributed by atoms with van der Waals surface area (Å²) in [7, 11) is -3.44. The van der Waals surface area contributed by atoms with Gasteiger partial charge < -0.3 is 0 Å². The minimum atomic E-state index is -6.11. The maximum atomic E-state index is 18.4. The van der Waals surface area contributed by atoms with Crippen LogP contribution in [0.25, 0.3) is 0 Å². The average Bonchev–Trinajstić information content (AvgIpc) is 2.63. The van der Waals surface area contributed by atoms with Gasteiger partial charge in [-0.05, 0) is 0 Å². The van der Waals surface area contributed by atoms with Crippen LogP contribution in [-0.4, -0.2) is 57.5 Å². The van der Waals surface area contributed by atoms with E-state index in [1.165, 1.54) is 22.9 Å². The first kappa shape index (κ1) is 24.3. The van der Waals surface area contributed by atoms with Crippen LogP contribution in [0, 0.1) is 23.5 Å². The van der Waals surface area contributed by atoms with Crippen molar-refractivity contribution in [1.29, 1.82) is 0 Å². The van der Waals surface area contributed by atoms with Crippen LogP contribution in [0.1, 0.15) is 47.1 Å². The van der Waals surface area contributed by atoms with Crippen molar-refractivity contribution in [2.24, 2.45) is 0 Å². The van der Waals surface area contributed by atoms with Crippen molar-refractivity contribution in [3.63, 3.8) is 0 Å². The van der Waals surface area contributed by atoms with Gasteiger partial charge in [0.1, 0.15) is 0 Å². The van der Waals surface area contributed by atoms with Gasteiger partial charge in [-0.15, -0.1) is 0 Å². The first-order valence-corrected chi connectivity index (χ1v) is 12.5. The molecule has 32 heavy (non-hydrogen) atoms. The zero-order chi connectivity index (χ0) is 24.5. The number of rotatable bonds is 3. The summed E-state index contributed by atoms with van der Waals surface area (Å²) in [4.78, 5) is 2.66. The molecule has 3 rings (SSSR count). The van der Waals surface area contributed by atoms with Crippen molar-refractivity contribution in [3.8, 4) is 0 Å². The van der Waals surface area contributed by atoms with Gasteiger partial charge in [-0.3, -0.25) is 0 Å². The minimum absolute atomic E-state index is 0.381. The van der Waals surface area contributed by atoms with E-state index in [0.717, 1.165) is 4.57 Å². The van der Waals surface area contributed by atoms with Gasteiger partial charge in [0.2, 0.25) is 0 Å². The van der Waals surface area contributed by atoms with Gasteiger partial charge in [-0.1, -0.05) is 0 Å². The molecule has 0 amide bonds. The molecular weight excluding hydrogens is 443 g/mol. The summed E-state index contributed by atoms with van der Waals surface area (Å²) in [6, 6.07) is 8.84. The molecule has 1 aromatic heterocycles. The number of amidine groups is 1. The Balaban J connectivity index is 2.67. The molecule has 4 nitrogen and oxygen atoms in total. The van der Waals surface area contributed by atoms with Gasteiger partial charge >= 0.3 is 185 Å². The van der Waals surface area contributed by atoms with E-state index in [-0.39, 0.29) is 0 Å². The van der Waals surface area contributed by atoms with E-state index in [1.54, 1.807) is 71.9 Å². The van der Waals surface area contributed by atoms with Gasteiger partial charge in [0.05, 0.1) is 0 Å². The summed E-state index contributed by atoms with van der Waals surface area (Å²) in [5.74, 6) is -7.05. The third-order valence-electron chi connectivity index (χ3n) is 5.81. The Kier molecular flexibility index (Phi) is 5.38. The molecule has 0 atom stereocenters. The van der Waals surface area contributed by atoms with Crippen LogP contribution >= 0.6 is 0 Å². The fourth-order valence-corrected chi connectivity index (χ4v) is 11.2. The fourth-order valence-electron chi connectivity index (χ4n) is 4.91. The summed E-state index contributed by atoms with van der Waals surface area (Å²) >= 11 is 0. The van der Waals surface area contributed by atoms with E-state index in [0.29, 0.717) is 11.4 Å². The number of nitrogens with zero attached hydrogens (tertiary/aromatic N) is 4. The Morgan fingerprint density at radius 2 is 1.34 bits per heavy atom. The summed E-state index contributed by atoms with van der Waals surface area (Å²) in [6.45, 7) is 10.1. The van der Waals surface area contributed by atoms with Crippen LogP contribution in [0.4, 0.5) is 21.7 Å². The predicted molar refractivity (Wildman–Crippen MR) is 116 cm³/mol. The summed E-state index contributed by atoms with van der Waals surface area (Å²) in [6.07, 6.45) is 0. The van der Waals surface area contributed by atoms with Gasteiger partial charge in [-0.25, -0.2) is 0 Å². The molecular formula is C22H29F5N4Si. The molecule has 2 aromatic rings. The zero-order valence-electron chi connectivity index (χ0n) is 19.6. The van der Waals surface area contributed by atoms with Crippen LogP contribution in [-0.2, 0) is 0 Å². The molecule has 176 valence electrons. The first-order chi connectivity index (χ1) is 14.5. The maximum absolute atomic E-state index is 18.4. The zero-order valence-corrected chi connectivity index (χ0v) is 20.6. The molecule has 0 unspecified atom stereocenters. The van der Waals surface area contributed by atoms with Crippen molar-refractivity contribution < 1.29 is 25.9 Å². The van der Waals surface area contributed by atoms with Crippen LogP contribution < -0.4 is 5.19 Å². The quantitative estimate of drug-likeness (QED) is 0.290. The van der Waals surface area contributed by atoms with E-state index in [2.05, 4.69) is 4.98 Å². The van der Waals surface area contributed by atoms with Gasteiger partial charge in [-0.2, -0.15) is 0 Å². The molecule has 0 saturated heterocycles. The second-order valence-electron chi connectivity index (χ2n) is 10.3. The summed E-state index contributed by atoms with van der Waals surface area (Å²) in [5, 5.41) is -1.26. The van der Waals surface area contributed by atoms with Gasteiger partial charge in [0.25, 0.3) is 0 Å². The third kappa shape index (κ3) is 2.95. The van der Waals surface area contributed by atoms with E-state index >= 15 is 12.9 Å². The van der Waals surface area contributed by atoms with E-state index in [4.69, 9.17) is 0 Å². The standard InChI is InChI=1S/C22H29F5N4Si/c1-21(2,3)30-20(14-12-10-9-11-13-14)31(22(4,5)6)32(30,27,29(7)8)17-15(23)18(25)28-19(26)16(17)24/h9-13H,1-8H3. The molecule has 0 bridgehead atoms. The summed E-state index contributed by atoms with van der Waals surface area (Å²) in [5.41, 5.74) is -1.43. The Hall–Kier alpha value is -2.33. The molecule has 0 spiro atoms. The predicted octanol–water partition coefficient (Wildman–Crippen LogP) is 4.14. The second kappa shape index (κ2) is 7.08. The summed E-state index contributed by atoms with van der Waals surface area (Å²) < 4.78 is 81.3. The number of pyridine rings is 1. The number of benzene rings is 1. The second-order valence-corrected chi connectivity index (χ2v) is 14.5. The molecule has 10 heteroatoms. The fraction of sp³-hybridized carbons (Fsp3) is 0.455. The normalized spacial score (nSPS) is 19.6. The Morgan fingerprint density at radius 1 is 0.875 bits per heavy atom. The molecule has 0 aliphatic carbocycles. The molecule has 2 heterocycles. The van der Waals surface area contributed by atoms with Crippen molar-refractivity contribution in [2.45, 2.75) is 52.6 Å². The van der Waals surface area contributed by atoms with Gasteiger partial charge in [0.15, 0.2) is 0 Å². The Morgan fingerprint density at radius 3 is 1.72 bits per heavy atom. The number of aromatic nitrogens is 1. The van der Waals surface area contributed by atoms with E-state index in [9.17, 15) is 8.78 Å². The average molecular weight is 473 g/mol. The van der Waals surface area contributed by atoms with E-state index < -0.39 is 48.0 Å². The number of halogens is 5. The molecule has 0 saturated carbocycles. The Bertz CT molecular complexity index is 1080. The van der Waals surface area contributed by atoms with Crippen molar-refractivity contribution in [1.82, 2.24) is 14.1 Å². The molecule has 0 radical (unpaired) electrons. The van der Waals surface area contributed by atoms with Crippen molar-refractivity contribution >= 4 is 19.2 Å². The molecule has 1 aliphatic rings. The third-order valence-corrected chi connectivity index (χ3v) is 12.0. The molecule has 1 aliphatic heterocycles. The topological polar surface area (TPSA) is 22.4 Å². The van der Waals surface area contributed by atoms with Crippen LogP contribution in [0.5, 0.6) is 0 Å². The van der Waals surface area contributed by atoms with Crippen LogP contribution in [0.15, 0.2) is 30.3 Å². The van der Waals surface area contributed by atoms with E-state index in [1.807, 2.05) is 0 Å². The molecule has 1 aromatic carbocycles. The number of hydrogen-bond acceptors (Lipinski definition) is 3. The Labute approximate surface area is 185 Å². The first-order valence-electron chi connectivity index (χ1n) is 10.3.